The zero-order valence-corrected chi connectivity index (χ0v) is 16.2. The zero-order chi connectivity index (χ0) is 19.3. The first-order valence-corrected chi connectivity index (χ1v) is 9.95. The van der Waals surface area contributed by atoms with Crippen LogP contribution in [0.15, 0.2) is 60.1 Å². The molecule has 0 aliphatic heterocycles. The molecule has 3 aromatic heterocycles. The molecule has 0 aliphatic carbocycles. The summed E-state index contributed by atoms with van der Waals surface area (Å²) < 4.78 is 1.89. The molecule has 7 nitrogen and oxygen atoms in total. The Morgan fingerprint density at radius 2 is 2.00 bits per heavy atom. The van der Waals surface area contributed by atoms with Gasteiger partial charge in [0.25, 0.3) is 0 Å². The summed E-state index contributed by atoms with van der Waals surface area (Å²) in [4.78, 5) is 19.5. The molecule has 8 heteroatoms. The summed E-state index contributed by atoms with van der Waals surface area (Å²) in [6, 6.07) is 11.9. The molecule has 0 spiro atoms. The number of aromatic nitrogens is 5. The van der Waals surface area contributed by atoms with Crippen LogP contribution in [0.1, 0.15) is 5.56 Å². The van der Waals surface area contributed by atoms with E-state index in [4.69, 9.17) is 0 Å². The summed E-state index contributed by atoms with van der Waals surface area (Å²) in [5.74, 6) is 1.04. The maximum absolute atomic E-state index is 12.2. The summed E-state index contributed by atoms with van der Waals surface area (Å²) in [6.45, 7) is 0.600. The number of rotatable bonds is 7. The van der Waals surface area contributed by atoms with Crippen molar-refractivity contribution in [2.24, 2.45) is 7.05 Å². The van der Waals surface area contributed by atoms with Crippen molar-refractivity contribution < 1.29 is 4.79 Å². The number of pyridine rings is 1. The molecule has 0 unspecified atom stereocenters. The van der Waals surface area contributed by atoms with E-state index in [9.17, 15) is 4.79 Å². The van der Waals surface area contributed by atoms with Gasteiger partial charge in [0.1, 0.15) is 0 Å². The van der Waals surface area contributed by atoms with E-state index in [1.807, 2.05) is 42.1 Å². The van der Waals surface area contributed by atoms with Crippen molar-refractivity contribution in [3.05, 3.63) is 60.6 Å². The van der Waals surface area contributed by atoms with Gasteiger partial charge in [-0.25, -0.2) is 0 Å². The minimum Gasteiger partial charge on any atom is -0.361 e. The van der Waals surface area contributed by atoms with Crippen molar-refractivity contribution in [1.29, 1.82) is 0 Å². The highest BCUT2D eigenvalue weighted by Gasteiger charge is 2.13. The molecule has 142 valence electrons. The number of amides is 1. The summed E-state index contributed by atoms with van der Waals surface area (Å²) in [6.07, 6.45) is 6.23. The molecule has 0 atom stereocenters. The van der Waals surface area contributed by atoms with E-state index in [0.29, 0.717) is 17.5 Å². The number of H-pyrrole nitrogens is 1. The molecular weight excluding hydrogens is 372 g/mol. The first kappa shape index (κ1) is 18.2. The lowest BCUT2D eigenvalue weighted by Crippen LogP contribution is -2.27. The lowest BCUT2D eigenvalue weighted by atomic mass is 10.1. The van der Waals surface area contributed by atoms with Crippen molar-refractivity contribution >= 4 is 28.6 Å². The Labute approximate surface area is 166 Å². The minimum absolute atomic E-state index is 0.0155. The number of benzene rings is 1. The number of aromatic amines is 1. The van der Waals surface area contributed by atoms with Gasteiger partial charge in [-0.05, 0) is 30.2 Å². The number of para-hydroxylation sites is 1. The van der Waals surface area contributed by atoms with Crippen molar-refractivity contribution in [1.82, 2.24) is 30.0 Å². The molecule has 28 heavy (non-hydrogen) atoms. The van der Waals surface area contributed by atoms with Crippen molar-refractivity contribution in [2.45, 2.75) is 11.6 Å². The summed E-state index contributed by atoms with van der Waals surface area (Å²) >= 11 is 1.38. The second-order valence-corrected chi connectivity index (χ2v) is 7.29. The Bertz CT molecular complexity index is 1090. The number of carbonyl (C=O) groups is 1. The monoisotopic (exact) mass is 392 g/mol. The van der Waals surface area contributed by atoms with E-state index in [-0.39, 0.29) is 5.91 Å². The lowest BCUT2D eigenvalue weighted by Gasteiger charge is -2.05. The molecule has 0 aliphatic rings. The van der Waals surface area contributed by atoms with Crippen molar-refractivity contribution in [2.75, 3.05) is 12.3 Å². The van der Waals surface area contributed by atoms with Crippen LogP contribution in [0.3, 0.4) is 0 Å². The van der Waals surface area contributed by atoms with Gasteiger partial charge in [-0.1, -0.05) is 30.0 Å². The third-order valence-electron chi connectivity index (χ3n) is 4.50. The van der Waals surface area contributed by atoms with Gasteiger partial charge in [-0.2, -0.15) is 0 Å². The normalized spacial score (nSPS) is 11.0. The molecule has 0 radical (unpaired) electrons. The van der Waals surface area contributed by atoms with Crippen LogP contribution < -0.4 is 5.32 Å². The van der Waals surface area contributed by atoms with Crippen LogP contribution in [0, 0.1) is 0 Å². The highest BCUT2D eigenvalue weighted by Crippen LogP contribution is 2.22. The third-order valence-corrected chi connectivity index (χ3v) is 5.52. The molecule has 0 saturated carbocycles. The van der Waals surface area contributed by atoms with Crippen molar-refractivity contribution in [3.8, 4) is 11.4 Å². The average Bonchev–Trinajstić information content (AvgIpc) is 3.31. The van der Waals surface area contributed by atoms with E-state index >= 15 is 0 Å². The Morgan fingerprint density at radius 3 is 2.86 bits per heavy atom. The Kier molecular flexibility index (Phi) is 5.38. The zero-order valence-electron chi connectivity index (χ0n) is 15.4. The van der Waals surface area contributed by atoms with E-state index < -0.39 is 0 Å². The van der Waals surface area contributed by atoms with Gasteiger partial charge >= 0.3 is 0 Å². The second-order valence-electron chi connectivity index (χ2n) is 6.35. The number of fused-ring (bicyclic) bond motifs is 1. The first-order valence-electron chi connectivity index (χ1n) is 8.96. The van der Waals surface area contributed by atoms with E-state index in [2.05, 4.69) is 37.6 Å². The number of hydrogen-bond acceptors (Lipinski definition) is 5. The van der Waals surface area contributed by atoms with Crippen LogP contribution in [0.25, 0.3) is 22.3 Å². The third kappa shape index (κ3) is 3.91. The van der Waals surface area contributed by atoms with E-state index in [0.717, 1.165) is 23.3 Å². The van der Waals surface area contributed by atoms with Gasteiger partial charge in [-0.15, -0.1) is 10.2 Å². The minimum atomic E-state index is -0.0155. The standard InChI is InChI=1S/C20H20N6OS/c1-26-19(14-6-9-21-10-7-14)24-25-20(26)28-13-18(27)22-11-8-15-12-23-17-5-3-2-4-16(15)17/h2-7,9-10,12,23H,8,11,13H2,1H3,(H,22,27). The molecule has 4 rings (SSSR count). The first-order chi connectivity index (χ1) is 13.7. The maximum Gasteiger partial charge on any atom is 0.230 e. The number of nitrogens with zero attached hydrogens (tertiary/aromatic N) is 4. The summed E-state index contributed by atoms with van der Waals surface area (Å²) in [5.41, 5.74) is 3.27. The summed E-state index contributed by atoms with van der Waals surface area (Å²) in [5, 5.41) is 13.3. The topological polar surface area (TPSA) is 88.5 Å². The predicted octanol–water partition coefficient (Wildman–Crippen LogP) is 2.81. The average molecular weight is 392 g/mol. The van der Waals surface area contributed by atoms with Gasteiger partial charge in [0, 0.05) is 48.6 Å². The van der Waals surface area contributed by atoms with Crippen LogP contribution in [0.2, 0.25) is 0 Å². The quantitative estimate of drug-likeness (QED) is 0.472. The lowest BCUT2D eigenvalue weighted by molar-refractivity contribution is -0.118. The highest BCUT2D eigenvalue weighted by atomic mass is 32.2. The van der Waals surface area contributed by atoms with Gasteiger partial charge in [0.15, 0.2) is 11.0 Å². The molecule has 1 aromatic carbocycles. The number of hydrogen-bond donors (Lipinski definition) is 2. The van der Waals surface area contributed by atoms with Gasteiger partial charge in [0.05, 0.1) is 5.75 Å². The van der Waals surface area contributed by atoms with Gasteiger partial charge < -0.3 is 14.9 Å². The van der Waals surface area contributed by atoms with Crippen LogP contribution in [-0.4, -0.2) is 42.9 Å². The number of thioether (sulfide) groups is 1. The second kappa shape index (κ2) is 8.26. The van der Waals surface area contributed by atoms with Crippen LogP contribution in [-0.2, 0) is 18.3 Å². The van der Waals surface area contributed by atoms with E-state index in [1.54, 1.807) is 12.4 Å². The van der Waals surface area contributed by atoms with Crippen LogP contribution >= 0.6 is 11.8 Å². The SMILES string of the molecule is Cn1c(SCC(=O)NCCc2c[nH]c3ccccc23)nnc1-c1ccncc1. The fourth-order valence-electron chi connectivity index (χ4n) is 3.05. The largest absolute Gasteiger partial charge is 0.361 e. The van der Waals surface area contributed by atoms with Crippen LogP contribution in [0.5, 0.6) is 0 Å². The van der Waals surface area contributed by atoms with Crippen molar-refractivity contribution in [3.63, 3.8) is 0 Å². The molecule has 4 aromatic rings. The molecule has 1 amide bonds. The Morgan fingerprint density at radius 1 is 1.18 bits per heavy atom. The maximum atomic E-state index is 12.2. The van der Waals surface area contributed by atoms with Gasteiger partial charge in [-0.3, -0.25) is 9.78 Å². The molecular formula is C20H20N6OS. The summed E-state index contributed by atoms with van der Waals surface area (Å²) in [7, 11) is 1.90. The fraction of sp³-hybridized carbons (Fsp3) is 0.200. The molecule has 0 saturated heterocycles. The van der Waals surface area contributed by atoms with Gasteiger partial charge in [0.2, 0.25) is 5.91 Å². The Hall–Kier alpha value is -3.13. The van der Waals surface area contributed by atoms with Crippen LogP contribution in [0.4, 0.5) is 0 Å². The Balaban J connectivity index is 1.29. The number of nitrogens with one attached hydrogen (secondary N) is 2. The molecule has 0 fully saturated rings. The fourth-order valence-corrected chi connectivity index (χ4v) is 3.79. The van der Waals surface area contributed by atoms with E-state index in [1.165, 1.54) is 22.7 Å². The smallest absolute Gasteiger partial charge is 0.230 e. The molecule has 0 bridgehead atoms. The molecule has 2 N–H and O–H groups in total. The molecule has 3 heterocycles. The highest BCUT2D eigenvalue weighted by molar-refractivity contribution is 7.99. The number of carbonyl (C=O) groups excluding carboxylic acids is 1. The predicted molar refractivity (Wildman–Crippen MR) is 110 cm³/mol.